The molecule has 4 nitrogen and oxygen atoms in total. The summed E-state index contributed by atoms with van der Waals surface area (Å²) in [7, 11) is 2.03. The van der Waals surface area contributed by atoms with Crippen LogP contribution < -0.4 is 4.90 Å². The van der Waals surface area contributed by atoms with Gasteiger partial charge in [0.15, 0.2) is 0 Å². The SMILES string of the molecule is CN1c2cc(Cl)ccc2C(=O)N2CCc3c([nH]c4ccccc34)C21. The molecule has 0 spiro atoms. The van der Waals surface area contributed by atoms with E-state index in [-0.39, 0.29) is 12.1 Å². The molecule has 1 unspecified atom stereocenters. The van der Waals surface area contributed by atoms with E-state index in [4.69, 9.17) is 11.6 Å². The third-order valence-corrected chi connectivity index (χ3v) is 5.44. The van der Waals surface area contributed by atoms with Crippen molar-refractivity contribution < 1.29 is 4.79 Å². The number of anilines is 1. The van der Waals surface area contributed by atoms with Crippen molar-refractivity contribution in [3.05, 3.63) is 64.3 Å². The van der Waals surface area contributed by atoms with Crippen LogP contribution in [0.5, 0.6) is 0 Å². The summed E-state index contributed by atoms with van der Waals surface area (Å²) < 4.78 is 0. The van der Waals surface area contributed by atoms with Gasteiger partial charge in [0.25, 0.3) is 5.91 Å². The van der Waals surface area contributed by atoms with E-state index in [1.165, 1.54) is 10.9 Å². The molecule has 0 radical (unpaired) electrons. The van der Waals surface area contributed by atoms with E-state index in [2.05, 4.69) is 28.1 Å². The molecule has 5 heteroatoms. The second-order valence-corrected chi connectivity index (χ2v) is 6.89. The minimum atomic E-state index is -0.111. The first-order valence-electron chi connectivity index (χ1n) is 8.08. The van der Waals surface area contributed by atoms with Crippen LogP contribution in [-0.4, -0.2) is 29.4 Å². The molecule has 2 aliphatic heterocycles. The Balaban J connectivity index is 1.74. The van der Waals surface area contributed by atoms with Gasteiger partial charge in [0.1, 0.15) is 6.17 Å². The molecule has 120 valence electrons. The number of halogens is 1. The first kappa shape index (κ1) is 13.9. The molecule has 5 rings (SSSR count). The van der Waals surface area contributed by atoms with Crippen molar-refractivity contribution in [1.82, 2.24) is 9.88 Å². The summed E-state index contributed by atoms with van der Waals surface area (Å²) in [5.41, 5.74) is 5.17. The third kappa shape index (κ3) is 1.72. The molecule has 0 fully saturated rings. The predicted molar refractivity (Wildman–Crippen MR) is 95.6 cm³/mol. The minimum absolute atomic E-state index is 0.0778. The van der Waals surface area contributed by atoms with E-state index in [1.54, 1.807) is 6.07 Å². The fraction of sp³-hybridized carbons (Fsp3) is 0.211. The first-order valence-corrected chi connectivity index (χ1v) is 8.46. The van der Waals surface area contributed by atoms with Gasteiger partial charge in [-0.25, -0.2) is 0 Å². The van der Waals surface area contributed by atoms with Gasteiger partial charge in [0.05, 0.1) is 16.9 Å². The topological polar surface area (TPSA) is 39.3 Å². The van der Waals surface area contributed by atoms with Gasteiger partial charge in [-0.2, -0.15) is 0 Å². The number of amides is 1. The lowest BCUT2D eigenvalue weighted by Crippen LogP contribution is -2.51. The quantitative estimate of drug-likeness (QED) is 0.674. The predicted octanol–water partition coefficient (Wildman–Crippen LogP) is 3.97. The molecule has 1 atom stereocenters. The van der Waals surface area contributed by atoms with Crippen molar-refractivity contribution in [2.45, 2.75) is 12.6 Å². The molecule has 1 amide bonds. The van der Waals surface area contributed by atoms with E-state index in [1.807, 2.05) is 30.1 Å². The number of H-pyrrole nitrogens is 1. The lowest BCUT2D eigenvalue weighted by molar-refractivity contribution is 0.0634. The Bertz CT molecular complexity index is 993. The lowest BCUT2D eigenvalue weighted by Gasteiger charge is -2.46. The van der Waals surface area contributed by atoms with Gasteiger partial charge in [0.2, 0.25) is 0 Å². The van der Waals surface area contributed by atoms with Crippen LogP contribution in [0.1, 0.15) is 27.8 Å². The number of hydrogen-bond acceptors (Lipinski definition) is 2. The van der Waals surface area contributed by atoms with Crippen molar-refractivity contribution in [2.24, 2.45) is 0 Å². The zero-order chi connectivity index (χ0) is 16.4. The van der Waals surface area contributed by atoms with Crippen LogP contribution in [0.3, 0.4) is 0 Å². The second kappa shape index (κ2) is 4.77. The molecule has 2 aromatic carbocycles. The smallest absolute Gasteiger partial charge is 0.257 e. The molecule has 3 heterocycles. The van der Waals surface area contributed by atoms with Crippen LogP contribution in [0.25, 0.3) is 10.9 Å². The molecule has 2 aliphatic rings. The summed E-state index contributed by atoms with van der Waals surface area (Å²) in [6.07, 6.45) is 0.762. The Hall–Kier alpha value is -2.46. The maximum Gasteiger partial charge on any atom is 0.257 e. The van der Waals surface area contributed by atoms with Crippen LogP contribution in [0.15, 0.2) is 42.5 Å². The number of carbonyl (C=O) groups excluding carboxylic acids is 1. The maximum atomic E-state index is 13.0. The summed E-state index contributed by atoms with van der Waals surface area (Å²) in [6.45, 7) is 0.727. The van der Waals surface area contributed by atoms with Crippen LogP contribution >= 0.6 is 11.6 Å². The van der Waals surface area contributed by atoms with Crippen LogP contribution in [-0.2, 0) is 6.42 Å². The number of benzene rings is 2. The van der Waals surface area contributed by atoms with Crippen molar-refractivity contribution in [1.29, 1.82) is 0 Å². The minimum Gasteiger partial charge on any atom is -0.355 e. The zero-order valence-corrected chi connectivity index (χ0v) is 14.0. The van der Waals surface area contributed by atoms with Gasteiger partial charge >= 0.3 is 0 Å². The summed E-state index contributed by atoms with van der Waals surface area (Å²) in [5.74, 6) is 0.0778. The van der Waals surface area contributed by atoms with Gasteiger partial charge in [-0.15, -0.1) is 0 Å². The highest BCUT2D eigenvalue weighted by atomic mass is 35.5. The molecule has 1 aromatic heterocycles. The summed E-state index contributed by atoms with van der Waals surface area (Å²) in [6, 6.07) is 13.8. The highest BCUT2D eigenvalue weighted by molar-refractivity contribution is 6.31. The fourth-order valence-electron chi connectivity index (χ4n) is 4.10. The van der Waals surface area contributed by atoms with Gasteiger partial charge in [0, 0.05) is 29.5 Å². The van der Waals surface area contributed by atoms with Gasteiger partial charge in [-0.3, -0.25) is 4.79 Å². The number of nitrogens with zero attached hydrogens (tertiary/aromatic N) is 2. The largest absolute Gasteiger partial charge is 0.355 e. The Morgan fingerprint density at radius 1 is 1.21 bits per heavy atom. The first-order chi connectivity index (χ1) is 11.6. The molecular weight excluding hydrogens is 322 g/mol. The maximum absolute atomic E-state index is 13.0. The van der Waals surface area contributed by atoms with E-state index < -0.39 is 0 Å². The molecule has 1 N–H and O–H groups in total. The molecule has 0 bridgehead atoms. The van der Waals surface area contributed by atoms with Gasteiger partial charge in [-0.1, -0.05) is 29.8 Å². The number of fused-ring (bicyclic) bond motifs is 6. The molecule has 0 saturated carbocycles. The fourth-order valence-corrected chi connectivity index (χ4v) is 4.27. The number of nitrogens with one attached hydrogen (secondary N) is 1. The third-order valence-electron chi connectivity index (χ3n) is 5.20. The average molecular weight is 338 g/mol. The summed E-state index contributed by atoms with van der Waals surface area (Å²) >= 11 is 6.17. The Kier molecular flexibility index (Phi) is 2.77. The van der Waals surface area contributed by atoms with Crippen LogP contribution in [0.2, 0.25) is 5.02 Å². The van der Waals surface area contributed by atoms with E-state index >= 15 is 0 Å². The normalized spacial score (nSPS) is 19.2. The summed E-state index contributed by atoms with van der Waals surface area (Å²) in [5, 5.41) is 1.90. The Morgan fingerprint density at radius 3 is 2.92 bits per heavy atom. The second-order valence-electron chi connectivity index (χ2n) is 6.46. The van der Waals surface area contributed by atoms with Crippen LogP contribution in [0.4, 0.5) is 5.69 Å². The highest BCUT2D eigenvalue weighted by Gasteiger charge is 2.41. The number of hydrogen-bond donors (Lipinski definition) is 1. The highest BCUT2D eigenvalue weighted by Crippen LogP contribution is 2.43. The Labute approximate surface area is 144 Å². The van der Waals surface area contributed by atoms with Crippen LogP contribution in [0, 0.1) is 0 Å². The molecule has 3 aromatic rings. The monoisotopic (exact) mass is 337 g/mol. The van der Waals surface area contributed by atoms with E-state index in [0.717, 1.165) is 35.4 Å². The lowest BCUT2D eigenvalue weighted by atomic mass is 9.96. The molecular formula is C19H16ClN3O. The number of aromatic nitrogens is 1. The summed E-state index contributed by atoms with van der Waals surface area (Å²) in [4.78, 5) is 20.6. The number of aromatic amines is 1. The zero-order valence-electron chi connectivity index (χ0n) is 13.2. The van der Waals surface area contributed by atoms with Crippen molar-refractivity contribution in [3.8, 4) is 0 Å². The number of rotatable bonds is 0. The van der Waals surface area contributed by atoms with Gasteiger partial charge < -0.3 is 14.8 Å². The average Bonchev–Trinajstić information content (AvgIpc) is 2.97. The van der Waals surface area contributed by atoms with E-state index in [0.29, 0.717) is 5.02 Å². The standard InChI is InChI=1S/C19H16ClN3O/c1-22-16-10-11(20)6-7-14(16)19(24)23-9-8-13-12-4-2-3-5-15(12)21-17(13)18(22)23/h2-7,10,18,21H,8-9H2,1H3. The Morgan fingerprint density at radius 2 is 2.04 bits per heavy atom. The number of para-hydroxylation sites is 1. The molecule has 0 aliphatic carbocycles. The number of carbonyl (C=O) groups is 1. The van der Waals surface area contributed by atoms with Crippen molar-refractivity contribution in [2.75, 3.05) is 18.5 Å². The molecule has 0 saturated heterocycles. The van der Waals surface area contributed by atoms with Crippen molar-refractivity contribution >= 4 is 34.1 Å². The van der Waals surface area contributed by atoms with E-state index in [9.17, 15) is 4.79 Å². The van der Waals surface area contributed by atoms with Gasteiger partial charge in [-0.05, 0) is 36.2 Å². The molecule has 24 heavy (non-hydrogen) atoms. The van der Waals surface area contributed by atoms with Crippen molar-refractivity contribution in [3.63, 3.8) is 0 Å².